The number of aryl methyl sites for hydroxylation is 2. The highest BCUT2D eigenvalue weighted by molar-refractivity contribution is 7.15. The molecule has 100 valence electrons. The lowest BCUT2D eigenvalue weighted by molar-refractivity contribution is -0.120. The predicted molar refractivity (Wildman–Crippen MR) is 79.2 cm³/mol. The van der Waals surface area contributed by atoms with E-state index in [1.54, 1.807) is 11.3 Å². The zero-order valence-corrected chi connectivity index (χ0v) is 12.3. The van der Waals surface area contributed by atoms with Crippen molar-refractivity contribution in [1.82, 2.24) is 10.3 Å². The summed E-state index contributed by atoms with van der Waals surface area (Å²) < 4.78 is 0. The maximum Gasteiger partial charge on any atom is 0.220 e. The maximum atomic E-state index is 11.3. The standard InChI is InChI=1S/C15H18N2OS/c1-4-14(18)16-9-13-11(3)17-15(19-13)12-8-6-5-7-10(12)2/h5-8H,4,9H2,1-3H3,(H,16,18). The Hall–Kier alpha value is -1.68. The molecular weight excluding hydrogens is 256 g/mol. The second kappa shape index (κ2) is 5.97. The predicted octanol–water partition coefficient (Wildman–Crippen LogP) is 3.45. The Morgan fingerprint density at radius 2 is 2.05 bits per heavy atom. The molecule has 1 aromatic carbocycles. The van der Waals surface area contributed by atoms with E-state index < -0.39 is 0 Å². The van der Waals surface area contributed by atoms with Crippen LogP contribution in [0.15, 0.2) is 24.3 Å². The third-order valence-corrected chi connectivity index (χ3v) is 4.23. The number of carbonyl (C=O) groups is 1. The van der Waals surface area contributed by atoms with Gasteiger partial charge < -0.3 is 5.32 Å². The number of benzene rings is 1. The van der Waals surface area contributed by atoms with E-state index in [0.29, 0.717) is 13.0 Å². The van der Waals surface area contributed by atoms with E-state index in [-0.39, 0.29) is 5.91 Å². The second-order valence-corrected chi connectivity index (χ2v) is 5.56. The normalized spacial score (nSPS) is 10.5. The molecule has 4 heteroatoms. The average molecular weight is 274 g/mol. The SMILES string of the molecule is CCC(=O)NCc1sc(-c2ccccc2C)nc1C. The van der Waals surface area contributed by atoms with E-state index in [9.17, 15) is 4.79 Å². The van der Waals surface area contributed by atoms with Gasteiger partial charge in [0.1, 0.15) is 5.01 Å². The Bertz CT molecular complexity index is 590. The average Bonchev–Trinajstić information content (AvgIpc) is 2.77. The van der Waals surface area contributed by atoms with Gasteiger partial charge in [-0.3, -0.25) is 4.79 Å². The topological polar surface area (TPSA) is 42.0 Å². The molecule has 0 saturated carbocycles. The van der Waals surface area contributed by atoms with Crippen molar-refractivity contribution in [2.45, 2.75) is 33.7 Å². The Labute approximate surface area is 117 Å². The number of thiazole rings is 1. The summed E-state index contributed by atoms with van der Waals surface area (Å²) in [4.78, 5) is 17.0. The number of rotatable bonds is 4. The Balaban J connectivity index is 2.22. The monoisotopic (exact) mass is 274 g/mol. The van der Waals surface area contributed by atoms with Crippen molar-refractivity contribution in [1.29, 1.82) is 0 Å². The molecular formula is C15H18N2OS. The van der Waals surface area contributed by atoms with Gasteiger partial charge in [0, 0.05) is 16.9 Å². The second-order valence-electron chi connectivity index (χ2n) is 4.47. The molecule has 0 aliphatic carbocycles. The lowest BCUT2D eigenvalue weighted by Gasteiger charge is -2.01. The molecule has 1 N–H and O–H groups in total. The highest BCUT2D eigenvalue weighted by Gasteiger charge is 2.11. The summed E-state index contributed by atoms with van der Waals surface area (Å²) in [7, 11) is 0. The molecule has 1 heterocycles. The third kappa shape index (κ3) is 3.20. The fraction of sp³-hybridized carbons (Fsp3) is 0.333. The van der Waals surface area contributed by atoms with Gasteiger partial charge >= 0.3 is 0 Å². The van der Waals surface area contributed by atoms with E-state index in [0.717, 1.165) is 15.6 Å². The van der Waals surface area contributed by atoms with Crippen LogP contribution in [-0.4, -0.2) is 10.9 Å². The molecule has 0 aliphatic rings. The van der Waals surface area contributed by atoms with Gasteiger partial charge in [0.25, 0.3) is 0 Å². The smallest absolute Gasteiger partial charge is 0.220 e. The van der Waals surface area contributed by atoms with Crippen molar-refractivity contribution >= 4 is 17.2 Å². The molecule has 1 aromatic heterocycles. The van der Waals surface area contributed by atoms with Crippen molar-refractivity contribution in [2.75, 3.05) is 0 Å². The van der Waals surface area contributed by atoms with Crippen LogP contribution in [0.1, 0.15) is 29.5 Å². The van der Waals surface area contributed by atoms with E-state index >= 15 is 0 Å². The quantitative estimate of drug-likeness (QED) is 0.927. The molecule has 0 fully saturated rings. The minimum absolute atomic E-state index is 0.0743. The number of aromatic nitrogens is 1. The number of carbonyl (C=O) groups excluding carboxylic acids is 1. The first-order chi connectivity index (χ1) is 9.11. The minimum atomic E-state index is 0.0743. The van der Waals surface area contributed by atoms with Gasteiger partial charge in [-0.05, 0) is 19.4 Å². The fourth-order valence-corrected chi connectivity index (χ4v) is 2.92. The molecule has 0 spiro atoms. The van der Waals surface area contributed by atoms with Crippen molar-refractivity contribution < 1.29 is 4.79 Å². The molecule has 1 amide bonds. The molecule has 3 nitrogen and oxygen atoms in total. The zero-order valence-electron chi connectivity index (χ0n) is 11.5. The van der Waals surface area contributed by atoms with Gasteiger partial charge in [-0.2, -0.15) is 0 Å². The lowest BCUT2D eigenvalue weighted by Crippen LogP contribution is -2.21. The Morgan fingerprint density at radius 1 is 1.32 bits per heavy atom. The summed E-state index contributed by atoms with van der Waals surface area (Å²) in [5.74, 6) is 0.0743. The number of nitrogens with zero attached hydrogens (tertiary/aromatic N) is 1. The molecule has 0 radical (unpaired) electrons. The van der Waals surface area contributed by atoms with Gasteiger partial charge in [0.2, 0.25) is 5.91 Å². The van der Waals surface area contributed by atoms with Gasteiger partial charge in [0.15, 0.2) is 0 Å². The number of hydrogen-bond donors (Lipinski definition) is 1. The highest BCUT2D eigenvalue weighted by Crippen LogP contribution is 2.29. The first-order valence-electron chi connectivity index (χ1n) is 6.40. The summed E-state index contributed by atoms with van der Waals surface area (Å²) in [6, 6.07) is 8.23. The number of amides is 1. The molecule has 0 aliphatic heterocycles. The van der Waals surface area contributed by atoms with Gasteiger partial charge in [-0.25, -0.2) is 4.98 Å². The van der Waals surface area contributed by atoms with Crippen molar-refractivity contribution in [3.63, 3.8) is 0 Å². The van der Waals surface area contributed by atoms with Gasteiger partial charge in [0.05, 0.1) is 12.2 Å². The van der Waals surface area contributed by atoms with E-state index in [1.165, 1.54) is 11.1 Å². The molecule has 2 aromatic rings. The van der Waals surface area contributed by atoms with Gasteiger partial charge in [-0.1, -0.05) is 31.2 Å². The van der Waals surface area contributed by atoms with Crippen LogP contribution < -0.4 is 5.32 Å². The Morgan fingerprint density at radius 3 is 2.74 bits per heavy atom. The van der Waals surface area contributed by atoms with Crippen LogP contribution in [-0.2, 0) is 11.3 Å². The zero-order chi connectivity index (χ0) is 13.8. The minimum Gasteiger partial charge on any atom is -0.351 e. The van der Waals surface area contributed by atoms with Gasteiger partial charge in [-0.15, -0.1) is 11.3 Å². The van der Waals surface area contributed by atoms with Crippen LogP contribution in [0.5, 0.6) is 0 Å². The van der Waals surface area contributed by atoms with Crippen LogP contribution >= 0.6 is 11.3 Å². The van der Waals surface area contributed by atoms with Crippen LogP contribution in [0.3, 0.4) is 0 Å². The van der Waals surface area contributed by atoms with Crippen LogP contribution in [0.25, 0.3) is 10.6 Å². The summed E-state index contributed by atoms with van der Waals surface area (Å²) in [6.45, 7) is 6.51. The van der Waals surface area contributed by atoms with Crippen molar-refractivity contribution in [2.24, 2.45) is 0 Å². The molecule has 0 bridgehead atoms. The molecule has 19 heavy (non-hydrogen) atoms. The van der Waals surface area contributed by atoms with Crippen molar-refractivity contribution in [3.8, 4) is 10.6 Å². The molecule has 0 unspecified atom stereocenters. The van der Waals surface area contributed by atoms with Crippen LogP contribution in [0.4, 0.5) is 0 Å². The first kappa shape index (κ1) is 13.7. The highest BCUT2D eigenvalue weighted by atomic mass is 32.1. The lowest BCUT2D eigenvalue weighted by atomic mass is 10.1. The van der Waals surface area contributed by atoms with Crippen molar-refractivity contribution in [3.05, 3.63) is 40.4 Å². The van der Waals surface area contributed by atoms with E-state index in [2.05, 4.69) is 29.4 Å². The molecule has 0 atom stereocenters. The Kier molecular flexibility index (Phi) is 4.32. The van der Waals surface area contributed by atoms with Crippen LogP contribution in [0, 0.1) is 13.8 Å². The van der Waals surface area contributed by atoms with Crippen LogP contribution in [0.2, 0.25) is 0 Å². The summed E-state index contributed by atoms with van der Waals surface area (Å²) in [6.07, 6.45) is 0.516. The summed E-state index contributed by atoms with van der Waals surface area (Å²) >= 11 is 1.65. The summed E-state index contributed by atoms with van der Waals surface area (Å²) in [5, 5.41) is 3.92. The summed E-state index contributed by atoms with van der Waals surface area (Å²) in [5.41, 5.74) is 3.39. The molecule has 2 rings (SSSR count). The van der Waals surface area contributed by atoms with E-state index in [4.69, 9.17) is 0 Å². The first-order valence-corrected chi connectivity index (χ1v) is 7.22. The maximum absolute atomic E-state index is 11.3. The largest absolute Gasteiger partial charge is 0.351 e. The number of hydrogen-bond acceptors (Lipinski definition) is 3. The number of nitrogens with one attached hydrogen (secondary N) is 1. The fourth-order valence-electron chi connectivity index (χ4n) is 1.82. The van der Waals surface area contributed by atoms with E-state index in [1.807, 2.05) is 26.0 Å². The molecule has 0 saturated heterocycles. The third-order valence-electron chi connectivity index (χ3n) is 3.04.